The number of aryl methyl sites for hydroxylation is 3. The van der Waals surface area contributed by atoms with Gasteiger partial charge in [-0.25, -0.2) is 8.42 Å². The summed E-state index contributed by atoms with van der Waals surface area (Å²) in [6, 6.07) is 14.1. The Morgan fingerprint density at radius 1 is 0.935 bits per heavy atom. The summed E-state index contributed by atoms with van der Waals surface area (Å²) in [6.07, 6.45) is 0. The molecule has 2 aromatic carbocycles. The van der Waals surface area contributed by atoms with Crippen molar-refractivity contribution >= 4 is 9.84 Å². The van der Waals surface area contributed by atoms with Crippen molar-refractivity contribution < 1.29 is 22.1 Å². The van der Waals surface area contributed by atoms with E-state index in [9.17, 15) is 8.42 Å². The summed E-state index contributed by atoms with van der Waals surface area (Å²) in [5.74, 6) is 1.66. The molecule has 0 N–H and O–H groups in total. The van der Waals surface area contributed by atoms with E-state index in [-0.39, 0.29) is 11.6 Å². The van der Waals surface area contributed by atoms with Crippen molar-refractivity contribution in [3.05, 3.63) is 71.0 Å². The van der Waals surface area contributed by atoms with Gasteiger partial charge in [-0.3, -0.25) is 0 Å². The maximum Gasteiger partial charge on any atom is 0.293 e. The molecule has 7 nitrogen and oxygen atoms in total. The van der Waals surface area contributed by atoms with Crippen molar-refractivity contribution in [2.75, 3.05) is 7.11 Å². The summed E-state index contributed by atoms with van der Waals surface area (Å²) in [5.41, 5.74) is 3.47. The van der Waals surface area contributed by atoms with Gasteiger partial charge < -0.3 is 13.7 Å². The standard InChI is InChI=1S/C23H22N2O5S/c1-14-11-16(3)21(12-15(14)2)31(26,27)13-19-9-10-20(29-19)23-24-22(25-30-23)17-5-7-18(28-4)8-6-17/h5-12H,13H2,1-4H3. The zero-order valence-corrected chi connectivity index (χ0v) is 18.5. The number of nitrogens with zero attached hydrogens (tertiary/aromatic N) is 2. The molecule has 2 heterocycles. The number of ether oxygens (including phenoxy) is 1. The van der Waals surface area contributed by atoms with Crippen molar-refractivity contribution in [2.45, 2.75) is 31.4 Å². The Balaban J connectivity index is 1.56. The minimum absolute atomic E-state index is 0.178. The monoisotopic (exact) mass is 438 g/mol. The highest BCUT2D eigenvalue weighted by Gasteiger charge is 2.22. The summed E-state index contributed by atoms with van der Waals surface area (Å²) in [5, 5.41) is 3.97. The normalized spacial score (nSPS) is 11.6. The van der Waals surface area contributed by atoms with E-state index in [1.54, 1.807) is 44.4 Å². The number of aromatic nitrogens is 2. The van der Waals surface area contributed by atoms with Crippen LogP contribution in [0.3, 0.4) is 0 Å². The lowest BCUT2D eigenvalue weighted by molar-refractivity contribution is 0.412. The number of sulfone groups is 1. The maximum atomic E-state index is 13.0. The van der Waals surface area contributed by atoms with Crippen molar-refractivity contribution in [3.8, 4) is 28.8 Å². The fraction of sp³-hybridized carbons (Fsp3) is 0.217. The van der Waals surface area contributed by atoms with E-state index in [4.69, 9.17) is 13.7 Å². The second-order valence-corrected chi connectivity index (χ2v) is 9.34. The van der Waals surface area contributed by atoms with Crippen LogP contribution in [0.4, 0.5) is 0 Å². The molecule has 0 unspecified atom stereocenters. The summed E-state index contributed by atoms with van der Waals surface area (Å²) >= 11 is 0. The van der Waals surface area contributed by atoms with E-state index in [2.05, 4.69) is 10.1 Å². The van der Waals surface area contributed by atoms with Crippen LogP contribution in [0.5, 0.6) is 5.75 Å². The first-order valence-electron chi connectivity index (χ1n) is 9.64. The lowest BCUT2D eigenvalue weighted by Gasteiger charge is -2.10. The molecule has 0 atom stereocenters. The summed E-state index contributed by atoms with van der Waals surface area (Å²) in [4.78, 5) is 4.66. The zero-order valence-electron chi connectivity index (χ0n) is 17.7. The molecule has 0 saturated heterocycles. The summed E-state index contributed by atoms with van der Waals surface area (Å²) in [6.45, 7) is 5.66. The SMILES string of the molecule is COc1ccc(-c2noc(-c3ccc(CS(=O)(=O)c4cc(C)c(C)cc4C)o3)n2)cc1. The lowest BCUT2D eigenvalue weighted by Crippen LogP contribution is -2.07. The quantitative estimate of drug-likeness (QED) is 0.422. The zero-order chi connectivity index (χ0) is 22.2. The van der Waals surface area contributed by atoms with Gasteiger partial charge in [0.15, 0.2) is 15.6 Å². The van der Waals surface area contributed by atoms with Crippen molar-refractivity contribution in [3.63, 3.8) is 0 Å². The second kappa shape index (κ2) is 8.03. The van der Waals surface area contributed by atoms with E-state index in [0.717, 1.165) is 28.0 Å². The van der Waals surface area contributed by atoms with E-state index in [0.29, 0.717) is 22.2 Å². The molecule has 2 aromatic heterocycles. The van der Waals surface area contributed by atoms with Gasteiger partial charge in [-0.15, -0.1) is 0 Å². The van der Waals surface area contributed by atoms with Gasteiger partial charge in [-0.2, -0.15) is 4.98 Å². The first-order valence-corrected chi connectivity index (χ1v) is 11.3. The largest absolute Gasteiger partial charge is 0.497 e. The molecule has 0 aliphatic rings. The van der Waals surface area contributed by atoms with Gasteiger partial charge in [0.25, 0.3) is 5.89 Å². The van der Waals surface area contributed by atoms with Gasteiger partial charge in [0.2, 0.25) is 5.82 Å². The Morgan fingerprint density at radius 2 is 1.65 bits per heavy atom. The van der Waals surface area contributed by atoms with Crippen LogP contribution in [0.2, 0.25) is 0 Å². The fourth-order valence-electron chi connectivity index (χ4n) is 3.29. The molecule has 0 aliphatic carbocycles. The molecule has 0 bridgehead atoms. The third kappa shape index (κ3) is 4.25. The molecular formula is C23H22N2O5S. The third-order valence-electron chi connectivity index (χ3n) is 5.11. The minimum atomic E-state index is -3.57. The second-order valence-electron chi connectivity index (χ2n) is 7.38. The average Bonchev–Trinajstić information content (AvgIpc) is 3.40. The minimum Gasteiger partial charge on any atom is -0.497 e. The number of furan rings is 1. The highest BCUT2D eigenvalue weighted by molar-refractivity contribution is 7.90. The smallest absolute Gasteiger partial charge is 0.293 e. The molecule has 31 heavy (non-hydrogen) atoms. The molecule has 4 rings (SSSR count). The Morgan fingerprint density at radius 3 is 2.35 bits per heavy atom. The van der Waals surface area contributed by atoms with Crippen LogP contribution in [0.25, 0.3) is 23.0 Å². The van der Waals surface area contributed by atoms with Crippen LogP contribution in [0.15, 0.2) is 62.4 Å². The van der Waals surface area contributed by atoms with E-state index >= 15 is 0 Å². The first kappa shape index (κ1) is 20.9. The topological polar surface area (TPSA) is 95.4 Å². The van der Waals surface area contributed by atoms with Gasteiger partial charge in [0.05, 0.1) is 12.0 Å². The number of rotatable bonds is 6. The van der Waals surface area contributed by atoms with Crippen LogP contribution in [-0.2, 0) is 15.6 Å². The predicted molar refractivity (Wildman–Crippen MR) is 116 cm³/mol. The van der Waals surface area contributed by atoms with Crippen molar-refractivity contribution in [2.24, 2.45) is 0 Å². The van der Waals surface area contributed by atoms with Crippen LogP contribution >= 0.6 is 0 Å². The van der Waals surface area contributed by atoms with E-state index < -0.39 is 9.84 Å². The van der Waals surface area contributed by atoms with E-state index in [1.807, 2.05) is 32.0 Å². The average molecular weight is 439 g/mol. The Hall–Kier alpha value is -3.39. The molecule has 8 heteroatoms. The molecule has 0 saturated carbocycles. The Kier molecular flexibility index (Phi) is 5.41. The van der Waals surface area contributed by atoms with Gasteiger partial charge in [-0.1, -0.05) is 11.2 Å². The predicted octanol–water partition coefficient (Wildman–Crippen LogP) is 4.90. The highest BCUT2D eigenvalue weighted by Crippen LogP contribution is 2.28. The molecule has 4 aromatic rings. The van der Waals surface area contributed by atoms with Gasteiger partial charge in [0, 0.05) is 5.56 Å². The Labute approximate surface area is 180 Å². The Bertz CT molecular complexity index is 1330. The number of hydrogen-bond acceptors (Lipinski definition) is 7. The number of benzene rings is 2. The molecule has 0 amide bonds. The molecular weight excluding hydrogens is 416 g/mol. The van der Waals surface area contributed by atoms with Crippen LogP contribution in [0.1, 0.15) is 22.5 Å². The summed E-state index contributed by atoms with van der Waals surface area (Å²) in [7, 11) is -1.97. The van der Waals surface area contributed by atoms with Crippen molar-refractivity contribution in [1.82, 2.24) is 10.1 Å². The molecule has 0 aliphatic heterocycles. The van der Waals surface area contributed by atoms with Crippen LogP contribution in [0, 0.1) is 20.8 Å². The van der Waals surface area contributed by atoms with Crippen molar-refractivity contribution in [1.29, 1.82) is 0 Å². The van der Waals surface area contributed by atoms with Gasteiger partial charge in [0.1, 0.15) is 17.3 Å². The van der Waals surface area contributed by atoms with Crippen LogP contribution < -0.4 is 4.74 Å². The molecule has 0 spiro atoms. The lowest BCUT2D eigenvalue weighted by atomic mass is 10.1. The molecule has 0 radical (unpaired) electrons. The number of methoxy groups -OCH3 is 1. The number of hydrogen-bond donors (Lipinski definition) is 0. The van der Waals surface area contributed by atoms with E-state index in [1.165, 1.54) is 0 Å². The highest BCUT2D eigenvalue weighted by atomic mass is 32.2. The first-order chi connectivity index (χ1) is 14.8. The fourth-order valence-corrected chi connectivity index (χ4v) is 4.88. The molecule has 0 fully saturated rings. The summed E-state index contributed by atoms with van der Waals surface area (Å²) < 4.78 is 42.1. The molecule has 160 valence electrons. The third-order valence-corrected chi connectivity index (χ3v) is 6.88. The van der Waals surface area contributed by atoms with Gasteiger partial charge in [-0.05, 0) is 79.9 Å². The van der Waals surface area contributed by atoms with Gasteiger partial charge >= 0.3 is 0 Å². The van der Waals surface area contributed by atoms with Crippen LogP contribution in [-0.4, -0.2) is 25.7 Å². The maximum absolute atomic E-state index is 13.0.